The molecule has 2 amide bonds. The van der Waals surface area contributed by atoms with Crippen molar-refractivity contribution < 1.29 is 14.3 Å². The fourth-order valence-corrected chi connectivity index (χ4v) is 2.97. The van der Waals surface area contributed by atoms with Gasteiger partial charge in [0.15, 0.2) is 5.11 Å². The van der Waals surface area contributed by atoms with E-state index in [0.29, 0.717) is 17.0 Å². The van der Waals surface area contributed by atoms with E-state index in [-0.39, 0.29) is 10.7 Å². The zero-order valence-corrected chi connectivity index (χ0v) is 15.6. The number of thiocarbonyl (C=S) groups is 1. The highest BCUT2D eigenvalue weighted by molar-refractivity contribution is 9.10. The van der Waals surface area contributed by atoms with Gasteiger partial charge in [-0.15, -0.1) is 0 Å². The van der Waals surface area contributed by atoms with E-state index in [1.807, 2.05) is 6.07 Å². The highest BCUT2D eigenvalue weighted by atomic mass is 79.9. The van der Waals surface area contributed by atoms with Crippen LogP contribution >= 0.6 is 28.1 Å². The summed E-state index contributed by atoms with van der Waals surface area (Å²) in [6.45, 7) is 0. The number of anilines is 1. The van der Waals surface area contributed by atoms with Crippen molar-refractivity contribution in [2.45, 2.75) is 0 Å². The lowest BCUT2D eigenvalue weighted by molar-refractivity contribution is -0.122. The van der Waals surface area contributed by atoms with E-state index in [2.05, 4.69) is 21.2 Å². The molecule has 0 aromatic heterocycles. The number of nitrogens with one attached hydrogen (secondary N) is 1. The quantitative estimate of drug-likeness (QED) is 0.473. The second-order valence-corrected chi connectivity index (χ2v) is 6.48. The molecule has 2 aromatic rings. The summed E-state index contributed by atoms with van der Waals surface area (Å²) in [6, 6.07) is 14.2. The lowest BCUT2D eigenvalue weighted by Crippen LogP contribution is -2.54. The first-order valence-electron chi connectivity index (χ1n) is 7.31. The number of para-hydroxylation sites is 1. The summed E-state index contributed by atoms with van der Waals surface area (Å²) in [6.07, 6.45) is 1.50. The smallest absolute Gasteiger partial charge is 0.270 e. The molecule has 3 rings (SSSR count). The molecule has 0 atom stereocenters. The molecule has 0 bridgehead atoms. The molecule has 25 heavy (non-hydrogen) atoms. The summed E-state index contributed by atoms with van der Waals surface area (Å²) in [4.78, 5) is 26.5. The number of carbonyl (C=O) groups is 2. The zero-order valence-electron chi connectivity index (χ0n) is 13.2. The Bertz CT molecular complexity index is 893. The van der Waals surface area contributed by atoms with Crippen molar-refractivity contribution in [1.82, 2.24) is 5.32 Å². The van der Waals surface area contributed by atoms with Gasteiger partial charge >= 0.3 is 0 Å². The average molecular weight is 417 g/mol. The van der Waals surface area contributed by atoms with Crippen LogP contribution in [0.1, 0.15) is 5.56 Å². The Morgan fingerprint density at radius 3 is 2.48 bits per heavy atom. The topological polar surface area (TPSA) is 58.6 Å². The van der Waals surface area contributed by atoms with Crippen molar-refractivity contribution >= 4 is 56.8 Å². The van der Waals surface area contributed by atoms with Gasteiger partial charge in [-0.1, -0.05) is 34.1 Å². The zero-order chi connectivity index (χ0) is 18.0. The predicted molar refractivity (Wildman–Crippen MR) is 103 cm³/mol. The number of hydrogen-bond acceptors (Lipinski definition) is 4. The maximum absolute atomic E-state index is 12.9. The number of hydrogen-bond donors (Lipinski definition) is 1. The molecule has 1 heterocycles. The Labute approximate surface area is 158 Å². The highest BCUT2D eigenvalue weighted by Gasteiger charge is 2.34. The Balaban J connectivity index is 2.03. The van der Waals surface area contributed by atoms with Gasteiger partial charge in [-0.2, -0.15) is 0 Å². The van der Waals surface area contributed by atoms with Crippen LogP contribution in [0.3, 0.4) is 0 Å². The predicted octanol–water partition coefficient (Wildman–Crippen LogP) is 3.29. The molecule has 0 saturated carbocycles. The van der Waals surface area contributed by atoms with Crippen LogP contribution in [0.2, 0.25) is 0 Å². The molecular weight excluding hydrogens is 404 g/mol. The van der Waals surface area contributed by atoms with Gasteiger partial charge in [-0.3, -0.25) is 19.8 Å². The lowest BCUT2D eigenvalue weighted by atomic mass is 10.1. The monoisotopic (exact) mass is 416 g/mol. The molecule has 5 nitrogen and oxygen atoms in total. The number of nitrogens with zero attached hydrogens (tertiary/aromatic N) is 1. The number of ether oxygens (including phenoxy) is 1. The van der Waals surface area contributed by atoms with Crippen LogP contribution in [0.4, 0.5) is 5.69 Å². The summed E-state index contributed by atoms with van der Waals surface area (Å²) in [5.41, 5.74) is 1.19. The molecule has 2 aromatic carbocycles. The molecule has 0 unspecified atom stereocenters. The van der Waals surface area contributed by atoms with Crippen LogP contribution in [0.15, 0.2) is 58.6 Å². The number of rotatable bonds is 3. The van der Waals surface area contributed by atoms with Gasteiger partial charge in [0.1, 0.15) is 11.3 Å². The molecule has 1 saturated heterocycles. The summed E-state index contributed by atoms with van der Waals surface area (Å²) >= 11 is 8.52. The van der Waals surface area contributed by atoms with Crippen molar-refractivity contribution in [2.24, 2.45) is 0 Å². The third-order valence-electron chi connectivity index (χ3n) is 3.63. The number of amides is 2. The molecule has 0 aliphatic carbocycles. The number of methoxy groups -OCH3 is 1. The summed E-state index contributed by atoms with van der Waals surface area (Å²) in [7, 11) is 1.53. The van der Waals surface area contributed by atoms with Crippen LogP contribution in [-0.4, -0.2) is 24.0 Å². The van der Waals surface area contributed by atoms with Crippen molar-refractivity contribution in [2.75, 3.05) is 12.0 Å². The maximum Gasteiger partial charge on any atom is 0.270 e. The SMILES string of the molecule is COc1ccccc1C=C1C(=O)NC(=S)N(c2ccc(Br)cc2)C1=O. The fourth-order valence-electron chi connectivity index (χ4n) is 2.42. The van der Waals surface area contributed by atoms with Crippen molar-refractivity contribution in [3.05, 3.63) is 64.1 Å². The molecule has 0 spiro atoms. The molecule has 126 valence electrons. The van der Waals surface area contributed by atoms with Crippen molar-refractivity contribution in [1.29, 1.82) is 0 Å². The second-order valence-electron chi connectivity index (χ2n) is 5.18. The van der Waals surface area contributed by atoms with Crippen molar-refractivity contribution in [3.8, 4) is 5.75 Å². The van der Waals surface area contributed by atoms with Crippen LogP contribution < -0.4 is 15.0 Å². The maximum atomic E-state index is 12.9. The number of halogens is 1. The Morgan fingerprint density at radius 2 is 1.80 bits per heavy atom. The summed E-state index contributed by atoms with van der Waals surface area (Å²) in [5, 5.41) is 2.61. The van der Waals surface area contributed by atoms with Gasteiger partial charge in [-0.25, -0.2) is 0 Å². The van der Waals surface area contributed by atoms with Gasteiger partial charge in [-0.05, 0) is 48.6 Å². The van der Waals surface area contributed by atoms with E-state index >= 15 is 0 Å². The minimum Gasteiger partial charge on any atom is -0.496 e. The van der Waals surface area contributed by atoms with Crippen molar-refractivity contribution in [3.63, 3.8) is 0 Å². The van der Waals surface area contributed by atoms with E-state index in [4.69, 9.17) is 17.0 Å². The van der Waals surface area contributed by atoms with E-state index in [0.717, 1.165) is 4.47 Å². The molecule has 1 aliphatic heterocycles. The Hall–Kier alpha value is -2.51. The van der Waals surface area contributed by atoms with E-state index < -0.39 is 11.8 Å². The van der Waals surface area contributed by atoms with E-state index in [9.17, 15) is 9.59 Å². The largest absolute Gasteiger partial charge is 0.496 e. The van der Waals surface area contributed by atoms with Gasteiger partial charge < -0.3 is 4.74 Å². The van der Waals surface area contributed by atoms with Crippen LogP contribution in [0.25, 0.3) is 6.08 Å². The first-order chi connectivity index (χ1) is 12.0. The molecule has 1 N–H and O–H groups in total. The van der Waals surface area contributed by atoms with Gasteiger partial charge in [0.25, 0.3) is 11.8 Å². The first kappa shape index (κ1) is 17.3. The summed E-state index contributed by atoms with van der Waals surface area (Å²) in [5.74, 6) is -0.449. The minimum absolute atomic E-state index is 0.0129. The standard InChI is InChI=1S/C18H13BrN2O3S/c1-24-15-5-3-2-4-11(15)10-14-16(22)20-18(25)21(17(14)23)13-8-6-12(19)7-9-13/h2-10H,1H3,(H,20,22,25). The van der Waals surface area contributed by atoms with Gasteiger partial charge in [0.05, 0.1) is 12.8 Å². The molecule has 0 radical (unpaired) electrons. The number of benzene rings is 2. The average Bonchev–Trinajstić information content (AvgIpc) is 2.60. The van der Waals surface area contributed by atoms with Crippen LogP contribution in [0, 0.1) is 0 Å². The molecular formula is C18H13BrN2O3S. The fraction of sp³-hybridized carbons (Fsp3) is 0.0556. The summed E-state index contributed by atoms with van der Waals surface area (Å²) < 4.78 is 6.15. The van der Waals surface area contributed by atoms with Crippen LogP contribution in [-0.2, 0) is 9.59 Å². The van der Waals surface area contributed by atoms with Gasteiger partial charge in [0, 0.05) is 10.0 Å². The van der Waals surface area contributed by atoms with E-state index in [1.54, 1.807) is 42.5 Å². The minimum atomic E-state index is -0.533. The highest BCUT2D eigenvalue weighted by Crippen LogP contribution is 2.26. The van der Waals surface area contributed by atoms with E-state index in [1.165, 1.54) is 18.1 Å². The molecule has 1 aliphatic rings. The molecule has 7 heteroatoms. The second kappa shape index (κ2) is 7.16. The van der Waals surface area contributed by atoms with Crippen LogP contribution in [0.5, 0.6) is 5.75 Å². The Kier molecular flexibility index (Phi) is 4.96. The normalized spacial score (nSPS) is 16.2. The first-order valence-corrected chi connectivity index (χ1v) is 8.51. The van der Waals surface area contributed by atoms with Gasteiger partial charge in [0.2, 0.25) is 0 Å². The third kappa shape index (κ3) is 3.47. The third-order valence-corrected chi connectivity index (χ3v) is 4.44. The molecule has 1 fully saturated rings. The number of carbonyl (C=O) groups excluding carboxylic acids is 2. The Morgan fingerprint density at radius 1 is 1.12 bits per heavy atom. The lowest BCUT2D eigenvalue weighted by Gasteiger charge is -2.29.